The van der Waals surface area contributed by atoms with Crippen LogP contribution < -0.4 is 0 Å². The summed E-state index contributed by atoms with van der Waals surface area (Å²) in [6.07, 6.45) is 6.42. The minimum absolute atomic E-state index is 0.105. The number of aryl methyl sites for hydroxylation is 2. The third kappa shape index (κ3) is 23.6. The fourth-order valence-electron chi connectivity index (χ4n) is 3.86. The number of benzene rings is 5. The number of rotatable bonds is 10. The quantitative estimate of drug-likeness (QED) is 0.0515. The van der Waals surface area contributed by atoms with Gasteiger partial charge >= 0.3 is 0 Å². The van der Waals surface area contributed by atoms with Gasteiger partial charge in [-0.2, -0.15) is 25.3 Å². The van der Waals surface area contributed by atoms with Gasteiger partial charge in [0.1, 0.15) is 17.2 Å². The van der Waals surface area contributed by atoms with Crippen LogP contribution in [0.3, 0.4) is 0 Å². The molecule has 0 aliphatic carbocycles. The molecule has 0 bridgehead atoms. The van der Waals surface area contributed by atoms with E-state index in [-0.39, 0.29) is 12.4 Å². The summed E-state index contributed by atoms with van der Waals surface area (Å²) in [7, 11) is 0. The van der Waals surface area contributed by atoms with Crippen LogP contribution >= 0.6 is 63.1 Å². The Morgan fingerprint density at radius 2 is 0.700 bits per heavy atom. The first-order chi connectivity index (χ1) is 24.1. The second-order valence-corrected chi connectivity index (χ2v) is 13.2. The fraction of sp³-hybridized carbons (Fsp3) is 0.250. The maximum Gasteiger partial charge on any atom is 0.115 e. The second-order valence-electron chi connectivity index (χ2n) is 10.9. The van der Waals surface area contributed by atoms with Crippen LogP contribution in [0.4, 0.5) is 0 Å². The van der Waals surface area contributed by atoms with Gasteiger partial charge in [-0.05, 0) is 139 Å². The minimum Gasteiger partial charge on any atom is -0.508 e. The molecule has 5 nitrogen and oxygen atoms in total. The molecular formula is C40H50O5S5. The largest absolute Gasteiger partial charge is 0.508 e. The molecular weight excluding hydrogens is 721 g/mol. The van der Waals surface area contributed by atoms with E-state index in [0.717, 1.165) is 69.4 Å². The molecule has 0 aliphatic rings. The van der Waals surface area contributed by atoms with Crippen LogP contribution in [0.15, 0.2) is 136 Å². The molecule has 0 heterocycles. The third-order valence-corrected chi connectivity index (χ3v) is 8.28. The molecule has 5 N–H and O–H groups in total. The van der Waals surface area contributed by atoms with Gasteiger partial charge in [-0.15, -0.1) is 37.9 Å². The lowest BCUT2D eigenvalue weighted by atomic mass is 10.1. The van der Waals surface area contributed by atoms with Crippen LogP contribution in [0.25, 0.3) is 0 Å². The lowest BCUT2D eigenvalue weighted by Crippen LogP contribution is -1.87. The van der Waals surface area contributed by atoms with Gasteiger partial charge in [-0.3, -0.25) is 0 Å². The highest BCUT2D eigenvalue weighted by molar-refractivity contribution is 7.80. The van der Waals surface area contributed by atoms with Crippen molar-refractivity contribution < 1.29 is 25.5 Å². The predicted octanol–water partition coefficient (Wildman–Crippen LogP) is 9.91. The van der Waals surface area contributed by atoms with Crippen LogP contribution in [0.5, 0.6) is 17.2 Å². The molecule has 0 spiro atoms. The van der Waals surface area contributed by atoms with E-state index in [2.05, 4.69) is 75.3 Å². The number of hydrogen-bond acceptors (Lipinski definition) is 10. The Morgan fingerprint density at radius 1 is 0.380 bits per heavy atom. The molecule has 0 saturated heterocycles. The molecule has 0 fully saturated rings. The summed E-state index contributed by atoms with van der Waals surface area (Å²) in [6.45, 7) is 0.401. The van der Waals surface area contributed by atoms with Crippen molar-refractivity contribution in [3.63, 3.8) is 0 Å². The van der Waals surface area contributed by atoms with Crippen LogP contribution in [0.2, 0.25) is 0 Å². The van der Waals surface area contributed by atoms with Gasteiger partial charge in [0.25, 0.3) is 0 Å². The zero-order valence-corrected chi connectivity index (χ0v) is 32.6. The van der Waals surface area contributed by atoms with E-state index in [1.165, 1.54) is 17.5 Å². The smallest absolute Gasteiger partial charge is 0.115 e. The maximum atomic E-state index is 9.02. The topological polar surface area (TPSA) is 101 Å². The SMILES string of the molecule is OCCCCc1ccc(S)cc1.OCc1ccc(S)cc1.Oc1ccc(CCCCS)cc1.Oc1ccc(CS)cc1.Oc1ccc(S)cc1. The lowest BCUT2D eigenvalue weighted by molar-refractivity contribution is 0.282. The molecule has 0 saturated carbocycles. The normalized spacial score (nSPS) is 9.74. The first-order valence-corrected chi connectivity index (χ1v) is 18.7. The first-order valence-electron chi connectivity index (χ1n) is 16.1. The van der Waals surface area contributed by atoms with Crippen molar-refractivity contribution in [2.24, 2.45) is 0 Å². The van der Waals surface area contributed by atoms with Gasteiger partial charge < -0.3 is 25.5 Å². The van der Waals surface area contributed by atoms with E-state index in [4.69, 9.17) is 25.5 Å². The van der Waals surface area contributed by atoms with Crippen molar-refractivity contribution in [2.45, 2.75) is 65.6 Å². The molecule has 0 radical (unpaired) electrons. The van der Waals surface area contributed by atoms with E-state index in [1.807, 2.05) is 60.7 Å². The fourth-order valence-corrected chi connectivity index (χ4v) is 4.74. The van der Waals surface area contributed by atoms with E-state index in [1.54, 1.807) is 48.5 Å². The number of hydrogen-bond donors (Lipinski definition) is 10. The van der Waals surface area contributed by atoms with Gasteiger partial charge in [-0.25, -0.2) is 0 Å². The van der Waals surface area contributed by atoms with E-state index in [0.29, 0.717) is 18.1 Å². The number of aliphatic hydroxyl groups is 2. The zero-order chi connectivity index (χ0) is 37.0. The number of unbranched alkanes of at least 4 members (excludes halogenated alkanes) is 2. The van der Waals surface area contributed by atoms with E-state index < -0.39 is 0 Å². The monoisotopic (exact) mass is 770 g/mol. The summed E-state index contributed by atoms with van der Waals surface area (Å²) in [4.78, 5) is 2.79. The number of phenols is 3. The molecule has 5 rings (SSSR count). The molecule has 50 heavy (non-hydrogen) atoms. The number of thiol groups is 5. The van der Waals surface area contributed by atoms with Gasteiger partial charge in [0, 0.05) is 27.0 Å². The summed E-state index contributed by atoms with van der Waals surface area (Å²) in [6, 6.07) is 36.7. The molecule has 0 aromatic heterocycles. The molecule has 5 aromatic carbocycles. The molecule has 0 aliphatic heterocycles. The minimum atomic E-state index is 0.105. The second kappa shape index (κ2) is 28.8. The van der Waals surface area contributed by atoms with Crippen LogP contribution in [0, 0.1) is 0 Å². The average molecular weight is 771 g/mol. The van der Waals surface area contributed by atoms with Crippen LogP contribution in [-0.2, 0) is 25.2 Å². The highest BCUT2D eigenvalue weighted by atomic mass is 32.1. The molecule has 5 aromatic rings. The van der Waals surface area contributed by atoms with Gasteiger partial charge in [0.15, 0.2) is 0 Å². The molecule has 10 heteroatoms. The van der Waals surface area contributed by atoms with Crippen molar-refractivity contribution in [3.05, 3.63) is 144 Å². The molecule has 0 atom stereocenters. The predicted molar refractivity (Wildman–Crippen MR) is 224 cm³/mol. The van der Waals surface area contributed by atoms with E-state index in [9.17, 15) is 0 Å². The van der Waals surface area contributed by atoms with Crippen molar-refractivity contribution in [1.29, 1.82) is 0 Å². The van der Waals surface area contributed by atoms with Crippen molar-refractivity contribution in [2.75, 3.05) is 12.4 Å². The van der Waals surface area contributed by atoms with Crippen LogP contribution in [0.1, 0.15) is 47.9 Å². The summed E-state index contributed by atoms with van der Waals surface area (Å²) >= 11 is 20.5. The highest BCUT2D eigenvalue weighted by Gasteiger charge is 1.94. The Bertz CT molecular complexity index is 1400. The van der Waals surface area contributed by atoms with Crippen LogP contribution in [-0.4, -0.2) is 37.9 Å². The molecule has 270 valence electrons. The number of phenolic OH excluding ortho intramolecular Hbond substituents is 3. The number of aliphatic hydroxyl groups excluding tert-OH is 2. The van der Waals surface area contributed by atoms with Gasteiger partial charge in [0.05, 0.1) is 6.61 Å². The van der Waals surface area contributed by atoms with Crippen molar-refractivity contribution in [3.8, 4) is 17.2 Å². The van der Waals surface area contributed by atoms with E-state index >= 15 is 0 Å². The Morgan fingerprint density at radius 3 is 1.04 bits per heavy atom. The number of aromatic hydroxyl groups is 3. The standard InChI is InChI=1S/2C10H14OS.2C7H8OS.C6H6OS/c11-10-6-4-9(5-7-10)3-1-2-8-12;11-8-2-1-3-9-4-6-10(12)7-5-9;8-7-3-1-6(5-9)2-4-7;8-5-6-1-3-7(9)4-2-6;7-5-1-3-6(8)4-2-5/h2*4-7,11-12H,1-3,8H2;2*1-4,8-9H,5H2;1-4,7-8H. The summed E-state index contributed by atoms with van der Waals surface area (Å²) in [5.41, 5.74) is 4.65. The van der Waals surface area contributed by atoms with Crippen molar-refractivity contribution >= 4 is 63.1 Å². The summed E-state index contributed by atoms with van der Waals surface area (Å²) < 4.78 is 0. The summed E-state index contributed by atoms with van der Waals surface area (Å²) in [5, 5.41) is 43.7. The lowest BCUT2D eigenvalue weighted by Gasteiger charge is -1.99. The Hall–Kier alpha value is -2.83. The summed E-state index contributed by atoms with van der Waals surface area (Å²) in [5.74, 6) is 2.61. The molecule has 0 amide bonds. The Balaban J connectivity index is 0.000000315. The molecule has 0 unspecified atom stereocenters. The Kier molecular flexibility index (Phi) is 26.0. The highest BCUT2D eigenvalue weighted by Crippen LogP contribution is 2.14. The third-order valence-electron chi connectivity index (χ3n) is 6.71. The Labute approximate surface area is 325 Å². The maximum absolute atomic E-state index is 9.02. The average Bonchev–Trinajstić information content (AvgIpc) is 3.13. The first kappa shape index (κ1) is 45.2. The van der Waals surface area contributed by atoms with Gasteiger partial charge in [-0.1, -0.05) is 48.5 Å². The zero-order valence-electron chi connectivity index (χ0n) is 28.1. The van der Waals surface area contributed by atoms with Gasteiger partial charge in [0.2, 0.25) is 0 Å². The van der Waals surface area contributed by atoms with Crippen molar-refractivity contribution in [1.82, 2.24) is 0 Å².